The fourth-order valence-electron chi connectivity index (χ4n) is 10.4. The highest BCUT2D eigenvalue weighted by molar-refractivity contribution is 5.68. The third-order valence-electron chi connectivity index (χ3n) is 11.6. The summed E-state index contributed by atoms with van der Waals surface area (Å²) in [4.78, 5) is 48.5. The minimum absolute atomic E-state index is 0.0156. The molecule has 5 aliphatic rings. The van der Waals surface area contributed by atoms with Crippen LogP contribution >= 0.6 is 0 Å². The second-order valence-electron chi connectivity index (χ2n) is 15.3. The van der Waals surface area contributed by atoms with Crippen LogP contribution in [-0.2, 0) is 47.6 Å². The van der Waals surface area contributed by atoms with E-state index in [2.05, 4.69) is 27.4 Å². The standard InChI is InChI=1S/C34H50O11/c1-18-13-33-11-9-25-31(6,7)14-23(15-32(25,8)26(33)10-12-34(18,39)17-33)44-30-29(43-22(5)38)28(42-21(4)37)27(41-20(3)36)24(45-30)16-40-19(2)35/h23-30,39H,1,9-17H2,2-8H3/t23-,24-,25-,26+,27-,28+,29-,30-,32-,33-,34+/m1/s1. The van der Waals surface area contributed by atoms with Crippen LogP contribution in [0.4, 0.5) is 0 Å². The average molecular weight is 635 g/mol. The number of carbonyl (C=O) groups excluding carboxylic acids is 4. The summed E-state index contributed by atoms with van der Waals surface area (Å²) < 4.78 is 35.1. The molecule has 4 saturated carbocycles. The molecular weight excluding hydrogens is 584 g/mol. The molecule has 0 radical (unpaired) electrons. The molecule has 5 rings (SSSR count). The first-order valence-corrected chi connectivity index (χ1v) is 16.3. The number of fused-ring (bicyclic) bond motifs is 3. The summed E-state index contributed by atoms with van der Waals surface area (Å²) in [6.45, 7) is 15.8. The molecule has 11 atom stereocenters. The van der Waals surface area contributed by atoms with Crippen molar-refractivity contribution in [2.24, 2.45) is 28.1 Å². The van der Waals surface area contributed by atoms with Crippen molar-refractivity contribution in [3.63, 3.8) is 0 Å². The summed E-state index contributed by atoms with van der Waals surface area (Å²) in [7, 11) is 0. The van der Waals surface area contributed by atoms with Gasteiger partial charge in [-0.3, -0.25) is 19.2 Å². The van der Waals surface area contributed by atoms with Gasteiger partial charge in [-0.25, -0.2) is 0 Å². The van der Waals surface area contributed by atoms with Crippen LogP contribution in [0.2, 0.25) is 0 Å². The molecule has 45 heavy (non-hydrogen) atoms. The van der Waals surface area contributed by atoms with Gasteiger partial charge < -0.3 is 33.5 Å². The predicted octanol–water partition coefficient (Wildman–Crippen LogP) is 4.17. The van der Waals surface area contributed by atoms with Crippen LogP contribution in [-0.4, -0.2) is 78.0 Å². The molecule has 1 spiro atoms. The van der Waals surface area contributed by atoms with Gasteiger partial charge in [-0.2, -0.15) is 0 Å². The van der Waals surface area contributed by atoms with Gasteiger partial charge in [-0.05, 0) is 85.0 Å². The van der Waals surface area contributed by atoms with Crippen LogP contribution < -0.4 is 0 Å². The van der Waals surface area contributed by atoms with Crippen LogP contribution in [0.5, 0.6) is 0 Å². The molecule has 11 nitrogen and oxygen atoms in total. The van der Waals surface area contributed by atoms with Gasteiger partial charge >= 0.3 is 23.9 Å². The molecule has 0 amide bonds. The summed E-state index contributed by atoms with van der Waals surface area (Å²) in [6.07, 6.45) is 0.508. The molecule has 1 aliphatic heterocycles. The highest BCUT2D eigenvalue weighted by atomic mass is 16.7. The third kappa shape index (κ3) is 6.29. The zero-order valence-electron chi connectivity index (χ0n) is 27.7. The zero-order chi connectivity index (χ0) is 33.1. The third-order valence-corrected chi connectivity index (χ3v) is 11.6. The lowest BCUT2D eigenvalue weighted by Gasteiger charge is -2.65. The Morgan fingerprint density at radius 2 is 1.44 bits per heavy atom. The van der Waals surface area contributed by atoms with E-state index >= 15 is 0 Å². The molecule has 4 aliphatic carbocycles. The maximum atomic E-state index is 12.4. The monoisotopic (exact) mass is 634 g/mol. The number of hydrogen-bond donors (Lipinski definition) is 1. The van der Waals surface area contributed by atoms with E-state index < -0.39 is 60.2 Å². The smallest absolute Gasteiger partial charge is 0.303 e. The normalized spacial score (nSPS) is 43.3. The Labute approximate surface area is 265 Å². The lowest BCUT2D eigenvalue weighted by Crippen LogP contribution is -2.64. The molecule has 0 aromatic rings. The highest BCUT2D eigenvalue weighted by Crippen LogP contribution is 2.73. The molecule has 5 fully saturated rings. The first kappa shape index (κ1) is 33.9. The lowest BCUT2D eigenvalue weighted by atomic mass is 9.40. The van der Waals surface area contributed by atoms with Crippen molar-refractivity contribution in [2.75, 3.05) is 6.61 Å². The van der Waals surface area contributed by atoms with Gasteiger partial charge in [0.1, 0.15) is 12.7 Å². The first-order valence-electron chi connectivity index (χ1n) is 16.3. The van der Waals surface area contributed by atoms with Gasteiger partial charge in [0.25, 0.3) is 0 Å². The van der Waals surface area contributed by atoms with E-state index in [4.69, 9.17) is 28.4 Å². The molecule has 1 saturated heterocycles. The largest absolute Gasteiger partial charge is 0.463 e. The Bertz CT molecular complexity index is 1230. The molecule has 0 aromatic heterocycles. The minimum Gasteiger partial charge on any atom is -0.463 e. The molecule has 2 bridgehead atoms. The van der Waals surface area contributed by atoms with Crippen LogP contribution in [0.3, 0.4) is 0 Å². The molecule has 1 N–H and O–H groups in total. The first-order chi connectivity index (χ1) is 20.9. The van der Waals surface area contributed by atoms with Crippen LogP contribution in [0.25, 0.3) is 0 Å². The summed E-state index contributed by atoms with van der Waals surface area (Å²) in [5, 5.41) is 11.4. The Morgan fingerprint density at radius 1 is 0.844 bits per heavy atom. The number of rotatable bonds is 7. The van der Waals surface area contributed by atoms with E-state index in [0.29, 0.717) is 18.3 Å². The summed E-state index contributed by atoms with van der Waals surface area (Å²) in [5.74, 6) is -1.77. The summed E-state index contributed by atoms with van der Waals surface area (Å²) >= 11 is 0. The van der Waals surface area contributed by atoms with Gasteiger partial charge in [0, 0.05) is 27.7 Å². The van der Waals surface area contributed by atoms with Gasteiger partial charge in [-0.1, -0.05) is 27.4 Å². The topological polar surface area (TPSA) is 144 Å². The van der Waals surface area contributed by atoms with E-state index in [1.54, 1.807) is 0 Å². The summed E-state index contributed by atoms with van der Waals surface area (Å²) in [6, 6.07) is 0. The zero-order valence-corrected chi connectivity index (χ0v) is 27.7. The molecular formula is C34H50O11. The molecule has 0 aromatic carbocycles. The number of ether oxygens (including phenoxy) is 6. The highest BCUT2D eigenvalue weighted by Gasteiger charge is 2.67. The Hall–Kier alpha value is -2.50. The van der Waals surface area contributed by atoms with Crippen molar-refractivity contribution < 1.29 is 52.7 Å². The van der Waals surface area contributed by atoms with E-state index in [1.807, 2.05) is 0 Å². The van der Waals surface area contributed by atoms with Crippen LogP contribution in [0, 0.1) is 28.1 Å². The second kappa shape index (κ2) is 11.9. The van der Waals surface area contributed by atoms with Gasteiger partial charge in [0.2, 0.25) is 0 Å². The van der Waals surface area contributed by atoms with E-state index in [-0.39, 0.29) is 29.0 Å². The van der Waals surface area contributed by atoms with Gasteiger partial charge in [-0.15, -0.1) is 0 Å². The Kier molecular flexibility index (Phi) is 8.98. The fraction of sp³-hybridized carbons (Fsp3) is 0.824. The molecule has 0 unspecified atom stereocenters. The average Bonchev–Trinajstić information content (AvgIpc) is 3.07. The lowest BCUT2D eigenvalue weighted by molar-refractivity contribution is -0.326. The fourth-order valence-corrected chi connectivity index (χ4v) is 10.4. The van der Waals surface area contributed by atoms with Gasteiger partial charge in [0.05, 0.1) is 11.7 Å². The van der Waals surface area contributed by atoms with E-state index in [0.717, 1.165) is 50.5 Å². The second-order valence-corrected chi connectivity index (χ2v) is 15.3. The van der Waals surface area contributed by atoms with Crippen molar-refractivity contribution in [1.29, 1.82) is 0 Å². The SMILES string of the molecule is C=C1C[C@@]23CC[C@@H]4C(C)(C)C[C@@H](O[C@@H]5O[C@H](COC(C)=O)[C@@H](OC(C)=O)[C@H](OC(C)=O)[C@H]5OC(C)=O)C[C@@]4(C)[C@@H]2CC[C@]1(O)C3. The van der Waals surface area contributed by atoms with Crippen molar-refractivity contribution in [3.8, 4) is 0 Å². The van der Waals surface area contributed by atoms with Crippen molar-refractivity contribution >= 4 is 23.9 Å². The summed E-state index contributed by atoms with van der Waals surface area (Å²) in [5.41, 5.74) is 0.0125. The molecule has 1 heterocycles. The maximum Gasteiger partial charge on any atom is 0.303 e. The van der Waals surface area contributed by atoms with Crippen molar-refractivity contribution in [1.82, 2.24) is 0 Å². The predicted molar refractivity (Wildman–Crippen MR) is 159 cm³/mol. The maximum absolute atomic E-state index is 12.4. The Morgan fingerprint density at radius 3 is 2.07 bits per heavy atom. The minimum atomic E-state index is -1.27. The number of aliphatic hydroxyl groups is 1. The van der Waals surface area contributed by atoms with Crippen molar-refractivity contribution in [3.05, 3.63) is 12.2 Å². The molecule has 11 heteroatoms. The van der Waals surface area contributed by atoms with E-state index in [1.165, 1.54) is 27.7 Å². The van der Waals surface area contributed by atoms with Crippen LogP contribution in [0.1, 0.15) is 99.8 Å². The number of carbonyl (C=O) groups is 4. The quantitative estimate of drug-likeness (QED) is 0.187. The van der Waals surface area contributed by atoms with Gasteiger partial charge in [0.15, 0.2) is 24.6 Å². The van der Waals surface area contributed by atoms with Crippen molar-refractivity contribution in [2.45, 2.75) is 142 Å². The van der Waals surface area contributed by atoms with E-state index in [9.17, 15) is 24.3 Å². The number of hydrogen-bond acceptors (Lipinski definition) is 11. The molecule has 252 valence electrons. The Balaban J connectivity index is 1.47. The van der Waals surface area contributed by atoms with Crippen LogP contribution in [0.15, 0.2) is 12.2 Å². The number of esters is 4.